The Balaban J connectivity index is 3.52. The summed E-state index contributed by atoms with van der Waals surface area (Å²) in [5, 5.41) is 0. The fourth-order valence-corrected chi connectivity index (χ4v) is 2.91. The van der Waals surface area contributed by atoms with Crippen molar-refractivity contribution in [2.24, 2.45) is 5.92 Å². The summed E-state index contributed by atoms with van der Waals surface area (Å²) in [6.45, 7) is 9.71. The van der Waals surface area contributed by atoms with Gasteiger partial charge in [0.15, 0.2) is 0 Å². The predicted octanol–water partition coefficient (Wildman–Crippen LogP) is 5.82. The van der Waals surface area contributed by atoms with Crippen molar-refractivity contribution in [3.05, 3.63) is 0 Å². The largest absolute Gasteiger partial charge is 0.463 e. The molecule has 0 aliphatic carbocycles. The second-order valence-electron chi connectivity index (χ2n) is 7.57. The summed E-state index contributed by atoms with van der Waals surface area (Å²) in [6.07, 6.45) is 11.3. The molecule has 0 rings (SSSR count). The summed E-state index contributed by atoms with van der Waals surface area (Å²) < 4.78 is 10.4. The average Bonchev–Trinajstić information content (AvgIpc) is 2.50. The van der Waals surface area contributed by atoms with Gasteiger partial charge in [0.25, 0.3) is 0 Å². The molecule has 1 unspecified atom stereocenters. The van der Waals surface area contributed by atoms with E-state index in [-0.39, 0.29) is 24.1 Å². The van der Waals surface area contributed by atoms with Crippen molar-refractivity contribution in [3.63, 3.8) is 0 Å². The minimum absolute atomic E-state index is 0.00771. The average molecular weight is 357 g/mol. The highest BCUT2D eigenvalue weighted by molar-refractivity contribution is 5.70. The fourth-order valence-electron chi connectivity index (χ4n) is 2.91. The van der Waals surface area contributed by atoms with Gasteiger partial charge in [-0.1, -0.05) is 51.9 Å². The summed E-state index contributed by atoms with van der Waals surface area (Å²) in [5.74, 6) is 0.327. The maximum Gasteiger partial charge on any atom is 0.306 e. The molecule has 1 atom stereocenters. The Kier molecular flexibility index (Phi) is 14.6. The molecule has 0 bridgehead atoms. The van der Waals surface area contributed by atoms with E-state index < -0.39 is 0 Å². The topological polar surface area (TPSA) is 52.6 Å². The zero-order valence-electron chi connectivity index (χ0n) is 17.1. The van der Waals surface area contributed by atoms with Crippen LogP contribution in [0.5, 0.6) is 0 Å². The van der Waals surface area contributed by atoms with Gasteiger partial charge in [-0.3, -0.25) is 9.59 Å². The molecular weight excluding hydrogens is 316 g/mol. The number of hydrogen-bond donors (Lipinski definition) is 0. The number of unbranched alkanes of at least 4 members (excludes halogenated alkanes) is 6. The van der Waals surface area contributed by atoms with E-state index in [1.165, 1.54) is 32.1 Å². The number of carbonyl (C=O) groups excluding carboxylic acids is 2. The Morgan fingerprint density at radius 1 is 0.720 bits per heavy atom. The standard InChI is InChI=1S/C21H40O4/c1-6-19(16-21(23)25-18(4)5)14-12-10-8-7-9-11-13-15-20(22)24-17(2)3/h17-19H,6-16H2,1-5H3. The zero-order valence-corrected chi connectivity index (χ0v) is 17.1. The summed E-state index contributed by atoms with van der Waals surface area (Å²) in [5.41, 5.74) is 0. The third kappa shape index (κ3) is 16.2. The van der Waals surface area contributed by atoms with Gasteiger partial charge >= 0.3 is 11.9 Å². The summed E-state index contributed by atoms with van der Waals surface area (Å²) in [4.78, 5) is 23.1. The van der Waals surface area contributed by atoms with Crippen LogP contribution in [0.15, 0.2) is 0 Å². The van der Waals surface area contributed by atoms with Gasteiger partial charge in [0.1, 0.15) is 0 Å². The summed E-state index contributed by atoms with van der Waals surface area (Å²) in [6, 6.07) is 0. The van der Waals surface area contributed by atoms with Crippen LogP contribution in [-0.4, -0.2) is 24.1 Å². The van der Waals surface area contributed by atoms with Crippen molar-refractivity contribution in [2.45, 2.75) is 117 Å². The Bertz CT molecular complexity index is 350. The zero-order chi connectivity index (χ0) is 19.1. The van der Waals surface area contributed by atoms with Crippen molar-refractivity contribution in [1.82, 2.24) is 0 Å². The van der Waals surface area contributed by atoms with Gasteiger partial charge < -0.3 is 9.47 Å². The van der Waals surface area contributed by atoms with Crippen LogP contribution >= 0.6 is 0 Å². The molecule has 0 radical (unpaired) electrons. The summed E-state index contributed by atoms with van der Waals surface area (Å²) >= 11 is 0. The lowest BCUT2D eigenvalue weighted by atomic mass is 9.95. The van der Waals surface area contributed by atoms with Gasteiger partial charge in [-0.05, 0) is 46.5 Å². The Morgan fingerprint density at radius 3 is 1.72 bits per heavy atom. The molecular formula is C21H40O4. The van der Waals surface area contributed by atoms with E-state index in [9.17, 15) is 9.59 Å². The normalized spacial score (nSPS) is 12.4. The van der Waals surface area contributed by atoms with Crippen molar-refractivity contribution in [3.8, 4) is 0 Å². The van der Waals surface area contributed by atoms with Crippen LogP contribution in [0.4, 0.5) is 0 Å². The first kappa shape index (κ1) is 23.9. The quantitative estimate of drug-likeness (QED) is 0.274. The smallest absolute Gasteiger partial charge is 0.306 e. The van der Waals surface area contributed by atoms with E-state index in [0.717, 1.165) is 25.7 Å². The number of esters is 2. The van der Waals surface area contributed by atoms with E-state index in [1.807, 2.05) is 27.7 Å². The molecule has 0 saturated heterocycles. The van der Waals surface area contributed by atoms with Crippen LogP contribution in [-0.2, 0) is 19.1 Å². The van der Waals surface area contributed by atoms with Crippen LogP contribution < -0.4 is 0 Å². The molecule has 0 aliphatic heterocycles. The molecule has 25 heavy (non-hydrogen) atoms. The molecule has 0 spiro atoms. The minimum atomic E-state index is -0.0726. The van der Waals surface area contributed by atoms with Gasteiger partial charge in [0.2, 0.25) is 0 Å². The minimum Gasteiger partial charge on any atom is -0.463 e. The van der Waals surface area contributed by atoms with Crippen LogP contribution in [0.3, 0.4) is 0 Å². The number of carbonyl (C=O) groups is 2. The highest BCUT2D eigenvalue weighted by atomic mass is 16.5. The first-order valence-electron chi connectivity index (χ1n) is 10.2. The molecule has 4 nitrogen and oxygen atoms in total. The monoisotopic (exact) mass is 356 g/mol. The predicted molar refractivity (Wildman–Crippen MR) is 102 cm³/mol. The third-order valence-corrected chi connectivity index (χ3v) is 4.26. The van der Waals surface area contributed by atoms with E-state index >= 15 is 0 Å². The second kappa shape index (κ2) is 15.2. The van der Waals surface area contributed by atoms with Gasteiger partial charge in [-0.2, -0.15) is 0 Å². The Morgan fingerprint density at radius 2 is 1.20 bits per heavy atom. The molecule has 0 aromatic carbocycles. The molecule has 0 aliphatic rings. The Hall–Kier alpha value is -1.06. The van der Waals surface area contributed by atoms with Gasteiger partial charge in [0, 0.05) is 12.8 Å². The maximum atomic E-state index is 11.7. The molecule has 4 heteroatoms. The second-order valence-corrected chi connectivity index (χ2v) is 7.57. The summed E-state index contributed by atoms with van der Waals surface area (Å²) in [7, 11) is 0. The van der Waals surface area contributed by atoms with Crippen LogP contribution in [0.1, 0.15) is 105 Å². The first-order valence-corrected chi connectivity index (χ1v) is 10.2. The van der Waals surface area contributed by atoms with E-state index in [0.29, 0.717) is 18.8 Å². The van der Waals surface area contributed by atoms with Gasteiger partial charge in [-0.15, -0.1) is 0 Å². The molecule has 0 amide bonds. The highest BCUT2D eigenvalue weighted by Gasteiger charge is 2.14. The fraction of sp³-hybridized carbons (Fsp3) is 0.905. The van der Waals surface area contributed by atoms with Gasteiger partial charge in [-0.25, -0.2) is 0 Å². The molecule has 0 aromatic rings. The molecule has 0 heterocycles. The Labute approximate surface area is 155 Å². The van der Waals surface area contributed by atoms with Crippen molar-refractivity contribution >= 4 is 11.9 Å². The first-order chi connectivity index (χ1) is 11.8. The van der Waals surface area contributed by atoms with Crippen molar-refractivity contribution in [1.29, 1.82) is 0 Å². The molecule has 148 valence electrons. The van der Waals surface area contributed by atoms with Gasteiger partial charge in [0.05, 0.1) is 12.2 Å². The molecule has 0 saturated carbocycles. The van der Waals surface area contributed by atoms with E-state index in [2.05, 4.69) is 6.92 Å². The number of rotatable bonds is 15. The highest BCUT2D eigenvalue weighted by Crippen LogP contribution is 2.19. The SMILES string of the molecule is CCC(CCCCCCCCCC(=O)OC(C)C)CC(=O)OC(C)C. The number of ether oxygens (including phenoxy) is 2. The third-order valence-electron chi connectivity index (χ3n) is 4.26. The lowest BCUT2D eigenvalue weighted by Crippen LogP contribution is -2.15. The molecule has 0 aromatic heterocycles. The van der Waals surface area contributed by atoms with Crippen LogP contribution in [0.25, 0.3) is 0 Å². The van der Waals surface area contributed by atoms with E-state index in [1.54, 1.807) is 0 Å². The maximum absolute atomic E-state index is 11.7. The number of hydrogen-bond acceptors (Lipinski definition) is 4. The lowest BCUT2D eigenvalue weighted by molar-refractivity contribution is -0.149. The molecule has 0 N–H and O–H groups in total. The van der Waals surface area contributed by atoms with Crippen LogP contribution in [0.2, 0.25) is 0 Å². The van der Waals surface area contributed by atoms with Crippen molar-refractivity contribution < 1.29 is 19.1 Å². The van der Waals surface area contributed by atoms with E-state index in [4.69, 9.17) is 9.47 Å². The lowest BCUT2D eigenvalue weighted by Gasteiger charge is -2.15. The van der Waals surface area contributed by atoms with Crippen molar-refractivity contribution in [2.75, 3.05) is 0 Å². The van der Waals surface area contributed by atoms with Crippen LogP contribution in [0, 0.1) is 5.92 Å². The molecule has 0 fully saturated rings.